The van der Waals surface area contributed by atoms with Crippen LogP contribution in [0.15, 0.2) is 107 Å². The van der Waals surface area contributed by atoms with Gasteiger partial charge in [0, 0.05) is 37.7 Å². The van der Waals surface area contributed by atoms with E-state index in [2.05, 4.69) is 11.9 Å². The summed E-state index contributed by atoms with van der Waals surface area (Å²) in [6.45, 7) is 4.33. The molecule has 3 aromatic carbocycles. The Bertz CT molecular complexity index is 1790. The Kier molecular flexibility index (Phi) is 8.35. The number of benzene rings is 3. The van der Waals surface area contributed by atoms with E-state index < -0.39 is 18.2 Å². The Labute approximate surface area is 259 Å². The fourth-order valence-electron chi connectivity index (χ4n) is 6.06. The second-order valence-electron chi connectivity index (χ2n) is 11.1. The summed E-state index contributed by atoms with van der Waals surface area (Å²) in [5.41, 5.74) is 2.46. The van der Waals surface area contributed by atoms with Gasteiger partial charge in [-0.25, -0.2) is 14.8 Å². The first kappa shape index (κ1) is 29.6. The van der Waals surface area contributed by atoms with Gasteiger partial charge in [0.15, 0.2) is 5.43 Å². The third-order valence-electron chi connectivity index (χ3n) is 8.16. The van der Waals surface area contributed by atoms with Crippen LogP contribution in [0.25, 0.3) is 11.0 Å². The number of amides is 4. The van der Waals surface area contributed by atoms with E-state index in [-0.39, 0.29) is 62.1 Å². The molecule has 1 aromatic heterocycles. The van der Waals surface area contributed by atoms with Crippen LogP contribution in [0.3, 0.4) is 0 Å². The zero-order chi connectivity index (χ0) is 31.5. The van der Waals surface area contributed by atoms with Gasteiger partial charge in [-0.05, 0) is 29.3 Å². The maximum atomic E-state index is 14.2. The van der Waals surface area contributed by atoms with E-state index in [4.69, 9.17) is 4.42 Å². The minimum Gasteiger partial charge on any atom is -0.508 e. The number of para-hydroxylation sites is 1. The number of hydrogen-bond donors (Lipinski definition) is 2. The normalized spacial score (nSPS) is 18.6. The van der Waals surface area contributed by atoms with Gasteiger partial charge >= 0.3 is 6.03 Å². The summed E-state index contributed by atoms with van der Waals surface area (Å²) in [5.74, 6) is -0.507. The monoisotopic (exact) mass is 607 g/mol. The predicted molar refractivity (Wildman–Crippen MR) is 166 cm³/mol. The van der Waals surface area contributed by atoms with Crippen molar-refractivity contribution in [3.63, 3.8) is 0 Å². The molecule has 0 spiro atoms. The van der Waals surface area contributed by atoms with Gasteiger partial charge in [-0.3, -0.25) is 14.4 Å². The first-order valence-electron chi connectivity index (χ1n) is 14.7. The quantitative estimate of drug-likeness (QED) is 0.295. The molecule has 0 bridgehead atoms. The highest BCUT2D eigenvalue weighted by Gasteiger charge is 2.51. The molecule has 2 N–H and O–H groups in total. The van der Waals surface area contributed by atoms with E-state index in [1.807, 2.05) is 30.3 Å². The van der Waals surface area contributed by atoms with E-state index in [1.54, 1.807) is 46.3 Å². The number of carbonyl (C=O) groups is 3. The summed E-state index contributed by atoms with van der Waals surface area (Å²) in [7, 11) is 0. The summed E-state index contributed by atoms with van der Waals surface area (Å²) in [6.07, 6.45) is 2.29. The van der Waals surface area contributed by atoms with Crippen molar-refractivity contribution in [2.75, 3.05) is 19.6 Å². The van der Waals surface area contributed by atoms with E-state index in [0.29, 0.717) is 16.5 Å². The Morgan fingerprint density at radius 3 is 2.51 bits per heavy atom. The number of urea groups is 1. The molecule has 45 heavy (non-hydrogen) atoms. The van der Waals surface area contributed by atoms with Crippen LogP contribution in [0.5, 0.6) is 5.75 Å². The van der Waals surface area contributed by atoms with Gasteiger partial charge in [0.2, 0.25) is 11.8 Å². The molecule has 2 fully saturated rings. The molecule has 4 aromatic rings. The van der Waals surface area contributed by atoms with Crippen LogP contribution < -0.4 is 10.7 Å². The van der Waals surface area contributed by atoms with Crippen molar-refractivity contribution in [2.45, 2.75) is 31.7 Å². The van der Waals surface area contributed by atoms with Crippen molar-refractivity contribution in [1.29, 1.82) is 0 Å². The van der Waals surface area contributed by atoms with Gasteiger partial charge in [-0.1, -0.05) is 60.7 Å². The number of carbonyl (C=O) groups excluding carboxylic acids is 3. The molecule has 2 unspecified atom stereocenters. The first-order valence-corrected chi connectivity index (χ1v) is 14.7. The molecule has 11 nitrogen and oxygen atoms in total. The van der Waals surface area contributed by atoms with Crippen molar-refractivity contribution in [3.05, 3.63) is 125 Å². The number of fused-ring (bicyclic) bond motifs is 2. The highest BCUT2D eigenvalue weighted by Crippen LogP contribution is 2.30. The predicted octanol–water partition coefficient (Wildman–Crippen LogP) is 3.24. The largest absolute Gasteiger partial charge is 0.508 e. The molecule has 11 heteroatoms. The minimum atomic E-state index is -0.932. The summed E-state index contributed by atoms with van der Waals surface area (Å²) >= 11 is 0. The Balaban J connectivity index is 1.38. The highest BCUT2D eigenvalue weighted by atomic mass is 16.3. The third kappa shape index (κ3) is 6.02. The minimum absolute atomic E-state index is 0.0243. The van der Waals surface area contributed by atoms with Crippen LogP contribution in [0.1, 0.15) is 16.7 Å². The van der Waals surface area contributed by atoms with Gasteiger partial charge in [0.05, 0.1) is 24.7 Å². The van der Waals surface area contributed by atoms with E-state index in [0.717, 1.165) is 11.1 Å². The molecule has 4 amide bonds. The summed E-state index contributed by atoms with van der Waals surface area (Å²) in [5, 5.41) is 16.4. The van der Waals surface area contributed by atoms with Crippen LogP contribution >= 0.6 is 0 Å². The van der Waals surface area contributed by atoms with Crippen LogP contribution in [0.2, 0.25) is 0 Å². The average Bonchev–Trinajstić information content (AvgIpc) is 3.04. The molecular formula is C34H33N5O6. The molecule has 3 heterocycles. The van der Waals surface area contributed by atoms with Crippen LogP contribution in [0, 0.1) is 0 Å². The summed E-state index contributed by atoms with van der Waals surface area (Å²) in [4.78, 5) is 57.5. The molecule has 2 atom stereocenters. The number of nitrogens with zero attached hydrogens (tertiary/aromatic N) is 4. The maximum Gasteiger partial charge on any atom is 0.334 e. The molecule has 2 aliphatic heterocycles. The van der Waals surface area contributed by atoms with E-state index in [1.165, 1.54) is 34.4 Å². The van der Waals surface area contributed by atoms with Crippen LogP contribution in [-0.4, -0.2) is 74.6 Å². The lowest BCUT2D eigenvalue weighted by atomic mass is 9.98. The Morgan fingerprint density at radius 2 is 1.76 bits per heavy atom. The third-order valence-corrected chi connectivity index (χ3v) is 8.16. The molecule has 2 saturated heterocycles. The van der Waals surface area contributed by atoms with E-state index >= 15 is 0 Å². The van der Waals surface area contributed by atoms with Crippen molar-refractivity contribution in [3.8, 4) is 5.75 Å². The number of hydrogen-bond acceptors (Lipinski definition) is 7. The van der Waals surface area contributed by atoms with Gasteiger partial charge in [-0.15, -0.1) is 6.58 Å². The van der Waals surface area contributed by atoms with Crippen LogP contribution in [0.4, 0.5) is 4.79 Å². The smallest absolute Gasteiger partial charge is 0.334 e. The maximum absolute atomic E-state index is 14.2. The number of aromatic hydroxyl groups is 1. The lowest BCUT2D eigenvalue weighted by Crippen LogP contribution is -2.76. The number of rotatable bonds is 8. The van der Waals surface area contributed by atoms with Crippen molar-refractivity contribution in [1.82, 2.24) is 25.1 Å². The number of nitrogens with one attached hydrogen (secondary N) is 1. The second-order valence-corrected chi connectivity index (χ2v) is 11.1. The first-order chi connectivity index (χ1) is 21.8. The topological polar surface area (TPSA) is 127 Å². The van der Waals surface area contributed by atoms with Gasteiger partial charge < -0.3 is 24.6 Å². The molecule has 0 radical (unpaired) electrons. The Morgan fingerprint density at radius 1 is 0.978 bits per heavy atom. The number of piperazine rings is 1. The molecular weight excluding hydrogens is 574 g/mol. The number of phenolic OH excluding ortho intramolecular Hbond substituents is 1. The fourth-order valence-corrected chi connectivity index (χ4v) is 6.06. The van der Waals surface area contributed by atoms with Crippen molar-refractivity contribution < 1.29 is 23.9 Å². The van der Waals surface area contributed by atoms with Gasteiger partial charge in [-0.2, -0.15) is 0 Å². The van der Waals surface area contributed by atoms with Gasteiger partial charge in [0.1, 0.15) is 23.5 Å². The zero-order valence-electron chi connectivity index (χ0n) is 24.5. The van der Waals surface area contributed by atoms with Crippen molar-refractivity contribution >= 4 is 28.8 Å². The highest BCUT2D eigenvalue weighted by molar-refractivity contribution is 5.92. The Hall–Kier alpha value is -5.42. The lowest BCUT2D eigenvalue weighted by Gasteiger charge is -2.55. The number of hydrazine groups is 1. The fraction of sp³-hybridized carbons (Fsp3) is 0.235. The molecule has 0 aliphatic carbocycles. The lowest BCUT2D eigenvalue weighted by molar-refractivity contribution is -0.189. The zero-order valence-corrected chi connectivity index (χ0v) is 24.5. The van der Waals surface area contributed by atoms with Crippen molar-refractivity contribution in [2.24, 2.45) is 0 Å². The second kappa shape index (κ2) is 12.7. The van der Waals surface area contributed by atoms with E-state index in [9.17, 15) is 24.3 Å². The molecule has 2 aliphatic rings. The van der Waals surface area contributed by atoms with Gasteiger partial charge in [0.25, 0.3) is 0 Å². The summed E-state index contributed by atoms with van der Waals surface area (Å²) < 4.78 is 5.72. The molecule has 0 saturated carbocycles. The summed E-state index contributed by atoms with van der Waals surface area (Å²) in [6, 6.07) is 21.2. The standard InChI is InChI=1S/C34H33N5O6/c1-2-16-37-22-31(42)38-28(18-23-11-13-26(40)14-12-23)33(43)36(20-25-9-6-10-27-29(41)15-17-45-32(25)27)21-30(38)39(37)34(44)35-19-24-7-4-3-5-8-24/h2-15,17,28,30,40H,1,16,18-22H2,(H,35,44). The average molecular weight is 608 g/mol. The number of phenols is 1. The van der Waals surface area contributed by atoms with Crippen LogP contribution in [-0.2, 0) is 29.1 Å². The molecule has 6 rings (SSSR count). The SMILES string of the molecule is C=CCN1CC(=O)N2C(Cc3ccc(O)cc3)C(=O)N(Cc3cccc4c(=O)ccoc34)CC2N1C(=O)NCc1ccccc1. The molecule has 230 valence electrons.